The van der Waals surface area contributed by atoms with E-state index < -0.39 is 0 Å². The van der Waals surface area contributed by atoms with Crippen LogP contribution in [0.1, 0.15) is 39.7 Å². The van der Waals surface area contributed by atoms with Gasteiger partial charge in [0.2, 0.25) is 0 Å². The first-order valence-corrected chi connectivity index (χ1v) is 7.98. The Hall–Kier alpha value is -2.03. The summed E-state index contributed by atoms with van der Waals surface area (Å²) < 4.78 is 6.07. The average Bonchev–Trinajstić information content (AvgIpc) is 2.46. The summed E-state index contributed by atoms with van der Waals surface area (Å²) in [7, 11) is 0. The topological polar surface area (TPSA) is 29.5 Å². The molecule has 1 aromatic carbocycles. The van der Waals surface area contributed by atoms with Crippen LogP contribution in [-0.2, 0) is 4.79 Å². The molecule has 3 heteroatoms. The van der Waals surface area contributed by atoms with E-state index in [9.17, 15) is 4.79 Å². The van der Waals surface area contributed by atoms with Crippen LogP contribution >= 0.6 is 0 Å². The summed E-state index contributed by atoms with van der Waals surface area (Å²) in [6.45, 7) is 10.4. The van der Waals surface area contributed by atoms with E-state index >= 15 is 0 Å². The van der Waals surface area contributed by atoms with Crippen LogP contribution in [0.25, 0.3) is 6.08 Å². The predicted molar refractivity (Wildman–Crippen MR) is 90.1 cm³/mol. The Labute approximate surface area is 132 Å². The molecule has 1 aliphatic heterocycles. The van der Waals surface area contributed by atoms with Gasteiger partial charge in [-0.25, -0.2) is 0 Å². The number of fused-ring (bicyclic) bond motifs is 2. The molecule has 1 aromatic rings. The Kier molecular flexibility index (Phi) is 3.59. The van der Waals surface area contributed by atoms with Crippen LogP contribution in [0.5, 0.6) is 5.75 Å². The van der Waals surface area contributed by atoms with Gasteiger partial charge in [-0.1, -0.05) is 13.8 Å². The van der Waals surface area contributed by atoms with E-state index in [1.165, 1.54) is 0 Å². The lowest BCUT2D eigenvalue weighted by molar-refractivity contribution is -0.116. The molecule has 0 unspecified atom stereocenters. The van der Waals surface area contributed by atoms with E-state index in [1.54, 1.807) is 6.08 Å². The van der Waals surface area contributed by atoms with Crippen LogP contribution in [-0.4, -0.2) is 18.9 Å². The standard InChI is InChI=1S/C19H23NO2/c1-5-20(6-2)14-8-7-13-9-16-18(22-17(13)10-14)11-15(21)12-19(16,3)4/h7-11H,5-6,12H2,1-4H3. The average molecular weight is 297 g/mol. The van der Waals surface area contributed by atoms with Gasteiger partial charge in [0, 0.05) is 53.9 Å². The lowest BCUT2D eigenvalue weighted by atomic mass is 9.74. The normalized spacial score (nSPS) is 18.6. The highest BCUT2D eigenvalue weighted by atomic mass is 16.5. The molecule has 0 saturated carbocycles. The van der Waals surface area contributed by atoms with Crippen LogP contribution in [0, 0.1) is 5.41 Å². The zero-order valence-electron chi connectivity index (χ0n) is 13.8. The third-order valence-electron chi connectivity index (χ3n) is 4.55. The van der Waals surface area contributed by atoms with Crippen molar-refractivity contribution in [1.29, 1.82) is 0 Å². The number of anilines is 1. The number of rotatable bonds is 3. The Morgan fingerprint density at radius 3 is 2.59 bits per heavy atom. The van der Waals surface area contributed by atoms with Crippen molar-refractivity contribution in [2.75, 3.05) is 18.0 Å². The fraction of sp³-hybridized carbons (Fsp3) is 0.421. The molecule has 0 aromatic heterocycles. The first-order chi connectivity index (χ1) is 10.4. The molecule has 0 fully saturated rings. The summed E-state index contributed by atoms with van der Waals surface area (Å²) in [6, 6.07) is 6.32. The largest absolute Gasteiger partial charge is 0.456 e. The van der Waals surface area contributed by atoms with Gasteiger partial charge in [-0.05, 0) is 32.1 Å². The van der Waals surface area contributed by atoms with Gasteiger partial charge in [0.05, 0.1) is 0 Å². The SMILES string of the molecule is CCN(CC)c1ccc2c(c1)OC1=CC(=O)CC(C)(C)C1=C2. The Balaban J connectivity index is 2.05. The molecule has 0 radical (unpaired) electrons. The lowest BCUT2D eigenvalue weighted by Gasteiger charge is -2.35. The maximum atomic E-state index is 11.9. The van der Waals surface area contributed by atoms with Crippen molar-refractivity contribution in [1.82, 2.24) is 0 Å². The van der Waals surface area contributed by atoms with Gasteiger partial charge in [-0.3, -0.25) is 4.79 Å². The summed E-state index contributed by atoms with van der Waals surface area (Å²) in [5.74, 6) is 1.69. The first kappa shape index (κ1) is 14.9. The maximum absolute atomic E-state index is 11.9. The van der Waals surface area contributed by atoms with Crippen LogP contribution in [0.2, 0.25) is 0 Å². The molecule has 0 bridgehead atoms. The van der Waals surface area contributed by atoms with Crippen molar-refractivity contribution in [3.63, 3.8) is 0 Å². The maximum Gasteiger partial charge on any atom is 0.160 e. The minimum Gasteiger partial charge on any atom is -0.456 e. The lowest BCUT2D eigenvalue weighted by Crippen LogP contribution is -2.28. The molecule has 0 amide bonds. The Bertz CT molecular complexity index is 679. The number of hydrogen-bond donors (Lipinski definition) is 0. The first-order valence-electron chi connectivity index (χ1n) is 7.98. The Morgan fingerprint density at radius 1 is 1.18 bits per heavy atom. The van der Waals surface area contributed by atoms with Crippen molar-refractivity contribution in [2.45, 2.75) is 34.1 Å². The van der Waals surface area contributed by atoms with E-state index in [-0.39, 0.29) is 11.2 Å². The molecule has 22 heavy (non-hydrogen) atoms. The number of nitrogens with zero attached hydrogens (tertiary/aromatic N) is 1. The summed E-state index contributed by atoms with van der Waals surface area (Å²) in [4.78, 5) is 14.2. The molecular formula is C19H23NO2. The van der Waals surface area contributed by atoms with Crippen molar-refractivity contribution >= 4 is 17.5 Å². The zero-order valence-corrected chi connectivity index (χ0v) is 13.8. The van der Waals surface area contributed by atoms with E-state index in [2.05, 4.69) is 56.9 Å². The molecule has 0 N–H and O–H groups in total. The third kappa shape index (κ3) is 2.45. The summed E-state index contributed by atoms with van der Waals surface area (Å²) >= 11 is 0. The number of carbonyl (C=O) groups excluding carboxylic acids is 1. The highest BCUT2D eigenvalue weighted by Gasteiger charge is 2.36. The van der Waals surface area contributed by atoms with Crippen LogP contribution in [0.4, 0.5) is 5.69 Å². The number of ether oxygens (including phenoxy) is 1. The second-order valence-electron chi connectivity index (χ2n) is 6.59. The molecule has 3 rings (SSSR count). The highest BCUT2D eigenvalue weighted by Crippen LogP contribution is 2.45. The molecule has 1 aliphatic carbocycles. The fourth-order valence-corrected chi connectivity index (χ4v) is 3.28. The summed E-state index contributed by atoms with van der Waals surface area (Å²) in [5.41, 5.74) is 3.19. The van der Waals surface area contributed by atoms with Crippen LogP contribution < -0.4 is 9.64 Å². The third-order valence-corrected chi connectivity index (χ3v) is 4.55. The molecule has 1 heterocycles. The zero-order chi connectivity index (χ0) is 15.9. The van der Waals surface area contributed by atoms with Crippen molar-refractivity contribution in [3.8, 4) is 5.75 Å². The second-order valence-corrected chi connectivity index (χ2v) is 6.59. The fourth-order valence-electron chi connectivity index (χ4n) is 3.28. The van der Waals surface area contributed by atoms with Crippen molar-refractivity contribution in [2.24, 2.45) is 5.41 Å². The van der Waals surface area contributed by atoms with E-state index in [4.69, 9.17) is 4.74 Å². The van der Waals surface area contributed by atoms with E-state index in [1.807, 2.05) is 0 Å². The minimum atomic E-state index is -0.170. The number of ketones is 1. The molecule has 3 nitrogen and oxygen atoms in total. The van der Waals surface area contributed by atoms with E-state index in [0.29, 0.717) is 12.2 Å². The van der Waals surface area contributed by atoms with Crippen LogP contribution in [0.3, 0.4) is 0 Å². The van der Waals surface area contributed by atoms with Gasteiger partial charge in [0.25, 0.3) is 0 Å². The molecular weight excluding hydrogens is 274 g/mol. The molecule has 0 spiro atoms. The van der Waals surface area contributed by atoms with Gasteiger partial charge < -0.3 is 9.64 Å². The van der Waals surface area contributed by atoms with Crippen molar-refractivity contribution in [3.05, 3.63) is 41.2 Å². The minimum absolute atomic E-state index is 0.139. The van der Waals surface area contributed by atoms with Crippen LogP contribution in [0.15, 0.2) is 35.6 Å². The van der Waals surface area contributed by atoms with Gasteiger partial charge >= 0.3 is 0 Å². The Morgan fingerprint density at radius 2 is 1.91 bits per heavy atom. The second kappa shape index (κ2) is 5.31. The number of allylic oxidation sites excluding steroid dienone is 2. The smallest absolute Gasteiger partial charge is 0.160 e. The number of carbonyl (C=O) groups is 1. The highest BCUT2D eigenvalue weighted by molar-refractivity contribution is 5.94. The van der Waals surface area contributed by atoms with Gasteiger partial charge in [0.15, 0.2) is 5.78 Å². The summed E-state index contributed by atoms with van der Waals surface area (Å²) in [6.07, 6.45) is 4.35. The number of hydrogen-bond acceptors (Lipinski definition) is 3. The predicted octanol–water partition coefficient (Wildman–Crippen LogP) is 4.19. The molecule has 0 saturated heterocycles. The van der Waals surface area contributed by atoms with Gasteiger partial charge in [0.1, 0.15) is 11.5 Å². The number of benzene rings is 1. The summed E-state index contributed by atoms with van der Waals surface area (Å²) in [5, 5.41) is 0. The van der Waals surface area contributed by atoms with Gasteiger partial charge in [-0.15, -0.1) is 0 Å². The molecule has 2 aliphatic rings. The van der Waals surface area contributed by atoms with Crippen molar-refractivity contribution < 1.29 is 9.53 Å². The van der Waals surface area contributed by atoms with Gasteiger partial charge in [-0.2, -0.15) is 0 Å². The monoisotopic (exact) mass is 297 g/mol. The molecule has 0 atom stereocenters. The quantitative estimate of drug-likeness (QED) is 0.837. The molecule has 116 valence electrons. The van der Waals surface area contributed by atoms with E-state index in [0.717, 1.165) is 35.7 Å².